The Labute approximate surface area is 135 Å². The summed E-state index contributed by atoms with van der Waals surface area (Å²) >= 11 is 0. The summed E-state index contributed by atoms with van der Waals surface area (Å²) < 4.78 is 0. The molecule has 6 nitrogen and oxygen atoms in total. The number of benzene rings is 1. The Balaban J connectivity index is 1.54. The zero-order valence-electron chi connectivity index (χ0n) is 13.2. The maximum atomic E-state index is 12.4. The molecule has 3 rings (SSSR count). The van der Waals surface area contributed by atoms with Gasteiger partial charge in [-0.05, 0) is 25.3 Å². The zero-order chi connectivity index (χ0) is 16.4. The Kier molecular flexibility index (Phi) is 4.32. The van der Waals surface area contributed by atoms with E-state index in [0.717, 1.165) is 12.0 Å². The molecule has 0 aromatic heterocycles. The van der Waals surface area contributed by atoms with Crippen molar-refractivity contribution >= 4 is 17.7 Å². The van der Waals surface area contributed by atoms with E-state index in [1.165, 1.54) is 10.5 Å². The first-order chi connectivity index (χ1) is 11.0. The maximum Gasteiger partial charge on any atom is 0.246 e. The second-order valence-electron chi connectivity index (χ2n) is 6.20. The van der Waals surface area contributed by atoms with E-state index in [4.69, 9.17) is 0 Å². The van der Waals surface area contributed by atoms with Gasteiger partial charge in [-0.25, -0.2) is 0 Å². The molecule has 3 amide bonds. The van der Waals surface area contributed by atoms with Crippen LogP contribution in [0.5, 0.6) is 0 Å². The minimum atomic E-state index is -0.360. The van der Waals surface area contributed by atoms with Crippen LogP contribution in [0.15, 0.2) is 24.3 Å². The molecule has 1 aromatic carbocycles. The molecule has 2 aliphatic heterocycles. The number of rotatable bonds is 4. The van der Waals surface area contributed by atoms with Crippen molar-refractivity contribution in [3.8, 4) is 0 Å². The molecular formula is C17H21N3O3. The Hall–Kier alpha value is -2.37. The van der Waals surface area contributed by atoms with Crippen LogP contribution in [0.3, 0.4) is 0 Å². The van der Waals surface area contributed by atoms with Gasteiger partial charge in [0.15, 0.2) is 0 Å². The summed E-state index contributed by atoms with van der Waals surface area (Å²) in [5.41, 5.74) is 2.17. The lowest BCUT2D eigenvalue weighted by molar-refractivity contribution is -0.154. The van der Waals surface area contributed by atoms with Gasteiger partial charge in [0.05, 0.1) is 0 Å². The van der Waals surface area contributed by atoms with Gasteiger partial charge < -0.3 is 15.1 Å². The quantitative estimate of drug-likeness (QED) is 0.877. The molecule has 2 saturated heterocycles. The Morgan fingerprint density at radius 1 is 1.26 bits per heavy atom. The van der Waals surface area contributed by atoms with Gasteiger partial charge in [-0.15, -0.1) is 0 Å². The lowest BCUT2D eigenvalue weighted by Crippen LogP contribution is -2.58. The van der Waals surface area contributed by atoms with Crippen LogP contribution in [0, 0.1) is 6.92 Å². The van der Waals surface area contributed by atoms with E-state index in [9.17, 15) is 14.4 Å². The fourth-order valence-electron chi connectivity index (χ4n) is 3.13. The number of hydrogen-bond acceptors (Lipinski definition) is 3. The lowest BCUT2D eigenvalue weighted by Gasteiger charge is -2.35. The fraction of sp³-hybridized carbons (Fsp3) is 0.471. The summed E-state index contributed by atoms with van der Waals surface area (Å²) in [7, 11) is 0. The summed E-state index contributed by atoms with van der Waals surface area (Å²) in [4.78, 5) is 39.5. The molecule has 0 radical (unpaired) electrons. The predicted octanol–water partition coefficient (Wildman–Crippen LogP) is 0.444. The number of amides is 3. The van der Waals surface area contributed by atoms with Crippen LogP contribution in [0.4, 0.5) is 0 Å². The number of piperazine rings is 1. The normalized spacial score (nSPS) is 20.7. The van der Waals surface area contributed by atoms with Crippen LogP contribution in [0.25, 0.3) is 0 Å². The molecule has 1 aromatic rings. The molecule has 0 aliphatic carbocycles. The molecule has 0 spiro atoms. The second-order valence-corrected chi connectivity index (χ2v) is 6.20. The first-order valence-electron chi connectivity index (χ1n) is 7.95. The van der Waals surface area contributed by atoms with E-state index in [-0.39, 0.29) is 36.9 Å². The Morgan fingerprint density at radius 3 is 2.74 bits per heavy atom. The highest BCUT2D eigenvalue weighted by molar-refractivity contribution is 5.97. The topological polar surface area (TPSA) is 69.7 Å². The molecule has 2 fully saturated rings. The predicted molar refractivity (Wildman–Crippen MR) is 84.3 cm³/mol. The van der Waals surface area contributed by atoms with E-state index in [1.54, 1.807) is 4.90 Å². The van der Waals surface area contributed by atoms with Crippen LogP contribution in [0.1, 0.15) is 24.0 Å². The summed E-state index contributed by atoms with van der Waals surface area (Å²) in [6.45, 7) is 3.04. The molecular weight excluding hydrogens is 294 g/mol. The molecule has 1 N–H and O–H groups in total. The van der Waals surface area contributed by atoms with E-state index in [0.29, 0.717) is 19.5 Å². The standard InChI is InChI=1S/C17H21N3O3/c1-12-4-6-13(7-5-12)9-18-15(21)10-19-11-16(22)20-8-2-3-14(20)17(19)23/h4-7,14H,2-3,8-11H2,1H3,(H,18,21). The first kappa shape index (κ1) is 15.5. The van der Waals surface area contributed by atoms with Crippen molar-refractivity contribution < 1.29 is 14.4 Å². The van der Waals surface area contributed by atoms with Crippen LogP contribution < -0.4 is 5.32 Å². The summed E-state index contributed by atoms with van der Waals surface area (Å²) in [6.07, 6.45) is 1.56. The Morgan fingerprint density at radius 2 is 2.00 bits per heavy atom. The lowest BCUT2D eigenvalue weighted by atomic mass is 10.1. The SMILES string of the molecule is Cc1ccc(CNC(=O)CN2CC(=O)N3CCCC3C2=O)cc1. The van der Waals surface area contributed by atoms with Crippen molar-refractivity contribution in [1.29, 1.82) is 0 Å². The number of nitrogens with one attached hydrogen (secondary N) is 1. The molecule has 0 bridgehead atoms. The number of carbonyl (C=O) groups excluding carboxylic acids is 3. The van der Waals surface area contributed by atoms with Crippen molar-refractivity contribution in [2.24, 2.45) is 0 Å². The fourth-order valence-corrected chi connectivity index (χ4v) is 3.13. The maximum absolute atomic E-state index is 12.4. The highest BCUT2D eigenvalue weighted by Crippen LogP contribution is 2.23. The highest BCUT2D eigenvalue weighted by atomic mass is 16.2. The number of carbonyl (C=O) groups is 3. The van der Waals surface area contributed by atoms with Gasteiger partial charge in [0, 0.05) is 13.1 Å². The molecule has 6 heteroatoms. The largest absolute Gasteiger partial charge is 0.350 e. The minimum absolute atomic E-state index is 0.00723. The molecule has 23 heavy (non-hydrogen) atoms. The molecule has 1 atom stereocenters. The van der Waals surface area contributed by atoms with Gasteiger partial charge in [-0.1, -0.05) is 29.8 Å². The average Bonchev–Trinajstić information content (AvgIpc) is 3.02. The van der Waals surface area contributed by atoms with E-state index >= 15 is 0 Å². The highest BCUT2D eigenvalue weighted by Gasteiger charge is 2.42. The third-order valence-electron chi connectivity index (χ3n) is 4.44. The number of aryl methyl sites for hydroxylation is 1. The minimum Gasteiger partial charge on any atom is -0.350 e. The summed E-state index contributed by atoms with van der Waals surface area (Å²) in [5.74, 6) is -0.399. The van der Waals surface area contributed by atoms with E-state index in [1.807, 2.05) is 31.2 Å². The molecule has 1 unspecified atom stereocenters. The summed E-state index contributed by atoms with van der Waals surface area (Å²) in [5, 5.41) is 2.80. The third-order valence-corrected chi connectivity index (χ3v) is 4.44. The molecule has 122 valence electrons. The van der Waals surface area contributed by atoms with Crippen molar-refractivity contribution in [3.63, 3.8) is 0 Å². The van der Waals surface area contributed by atoms with Gasteiger partial charge in [0.25, 0.3) is 0 Å². The monoisotopic (exact) mass is 315 g/mol. The third kappa shape index (κ3) is 3.36. The van der Waals surface area contributed by atoms with E-state index in [2.05, 4.69) is 5.32 Å². The smallest absolute Gasteiger partial charge is 0.246 e. The van der Waals surface area contributed by atoms with Gasteiger partial charge in [0.1, 0.15) is 19.1 Å². The number of fused-ring (bicyclic) bond motifs is 1. The van der Waals surface area contributed by atoms with Gasteiger partial charge >= 0.3 is 0 Å². The van der Waals surface area contributed by atoms with Crippen LogP contribution in [-0.4, -0.2) is 53.2 Å². The van der Waals surface area contributed by atoms with Crippen LogP contribution in [0.2, 0.25) is 0 Å². The summed E-state index contributed by atoms with van der Waals surface area (Å²) in [6, 6.07) is 7.54. The second kappa shape index (κ2) is 6.40. The van der Waals surface area contributed by atoms with Gasteiger partial charge in [-0.3, -0.25) is 14.4 Å². The van der Waals surface area contributed by atoms with Crippen molar-refractivity contribution in [2.75, 3.05) is 19.6 Å². The van der Waals surface area contributed by atoms with Crippen molar-refractivity contribution in [2.45, 2.75) is 32.4 Å². The average molecular weight is 315 g/mol. The zero-order valence-corrected chi connectivity index (χ0v) is 13.2. The molecule has 0 saturated carbocycles. The van der Waals surface area contributed by atoms with Gasteiger partial charge in [-0.2, -0.15) is 0 Å². The van der Waals surface area contributed by atoms with Crippen molar-refractivity contribution in [3.05, 3.63) is 35.4 Å². The van der Waals surface area contributed by atoms with Gasteiger partial charge in [0.2, 0.25) is 17.7 Å². The number of hydrogen-bond donors (Lipinski definition) is 1. The molecule has 2 aliphatic rings. The van der Waals surface area contributed by atoms with E-state index < -0.39 is 0 Å². The first-order valence-corrected chi connectivity index (χ1v) is 7.95. The van der Waals surface area contributed by atoms with Crippen LogP contribution in [-0.2, 0) is 20.9 Å². The number of nitrogens with zero attached hydrogens (tertiary/aromatic N) is 2. The Bertz CT molecular complexity index is 626. The van der Waals surface area contributed by atoms with Crippen LogP contribution >= 0.6 is 0 Å². The van der Waals surface area contributed by atoms with Crippen molar-refractivity contribution in [1.82, 2.24) is 15.1 Å². The molecule has 2 heterocycles.